The zero-order chi connectivity index (χ0) is 13.5. The van der Waals surface area contributed by atoms with E-state index in [2.05, 4.69) is 11.4 Å². The van der Waals surface area contributed by atoms with Crippen LogP contribution >= 0.6 is 0 Å². The summed E-state index contributed by atoms with van der Waals surface area (Å²) in [5.41, 5.74) is 1.47. The van der Waals surface area contributed by atoms with E-state index in [1.54, 1.807) is 4.90 Å². The van der Waals surface area contributed by atoms with E-state index in [4.69, 9.17) is 4.74 Å². The molecule has 1 N–H and O–H groups in total. The Morgan fingerprint density at radius 3 is 3.00 bits per heavy atom. The third-order valence-electron chi connectivity index (χ3n) is 3.61. The average Bonchev–Trinajstić information content (AvgIpc) is 2.83. The zero-order valence-electron chi connectivity index (χ0n) is 11.3. The lowest BCUT2D eigenvalue weighted by Gasteiger charge is -2.14. The molecule has 0 aromatic carbocycles. The third-order valence-corrected chi connectivity index (χ3v) is 3.61. The molecule has 2 amide bonds. The Hall–Kier alpha value is -1.52. The van der Waals surface area contributed by atoms with Crippen molar-refractivity contribution in [3.63, 3.8) is 0 Å². The first-order chi connectivity index (χ1) is 9.25. The molecule has 0 atom stereocenters. The lowest BCUT2D eigenvalue weighted by atomic mass is 9.97. The number of amides is 2. The molecule has 1 fully saturated rings. The minimum atomic E-state index is -0.305. The summed E-state index contributed by atoms with van der Waals surface area (Å²) in [5, 5.41) is 2.91. The molecule has 0 aromatic heterocycles. The summed E-state index contributed by atoms with van der Waals surface area (Å²) in [6, 6.07) is 0. The highest BCUT2D eigenvalue weighted by atomic mass is 16.6. The van der Waals surface area contributed by atoms with Gasteiger partial charge in [-0.1, -0.05) is 11.6 Å². The first-order valence-electron chi connectivity index (χ1n) is 7.12. The lowest BCUT2D eigenvalue weighted by molar-refractivity contribution is -0.121. The fraction of sp³-hybridized carbons (Fsp3) is 0.714. The van der Waals surface area contributed by atoms with Gasteiger partial charge in [0.25, 0.3) is 0 Å². The maximum Gasteiger partial charge on any atom is 0.409 e. The molecule has 0 radical (unpaired) electrons. The molecule has 0 bridgehead atoms. The Balaban J connectivity index is 1.56. The molecule has 2 rings (SSSR count). The predicted octanol–water partition coefficient (Wildman–Crippen LogP) is 1.84. The second kappa shape index (κ2) is 7.16. The summed E-state index contributed by atoms with van der Waals surface area (Å²) in [6.45, 7) is 2.19. The minimum absolute atomic E-state index is 0.0103. The molecular weight excluding hydrogens is 244 g/mol. The van der Waals surface area contributed by atoms with Crippen LogP contribution in [0, 0.1) is 0 Å². The number of nitrogens with zero attached hydrogens (tertiary/aromatic N) is 1. The van der Waals surface area contributed by atoms with Crippen LogP contribution in [-0.2, 0) is 9.53 Å². The maximum atomic E-state index is 11.6. The number of nitrogens with one attached hydrogen (secondary N) is 1. The lowest BCUT2D eigenvalue weighted by Crippen LogP contribution is -2.32. The molecule has 106 valence electrons. The summed E-state index contributed by atoms with van der Waals surface area (Å²) < 4.78 is 4.81. The van der Waals surface area contributed by atoms with E-state index in [1.807, 2.05) is 0 Å². The van der Waals surface area contributed by atoms with Crippen molar-refractivity contribution in [2.75, 3.05) is 26.2 Å². The highest BCUT2D eigenvalue weighted by Gasteiger charge is 2.21. The number of hydrogen-bond donors (Lipinski definition) is 1. The molecule has 0 unspecified atom stereocenters. The van der Waals surface area contributed by atoms with Gasteiger partial charge >= 0.3 is 6.09 Å². The Morgan fingerprint density at radius 1 is 1.42 bits per heavy atom. The SMILES string of the molecule is O=C(CCN1CCOC1=O)NCCC1=CCCCC1. The molecular formula is C14H22N2O3. The van der Waals surface area contributed by atoms with Gasteiger partial charge in [-0.25, -0.2) is 4.79 Å². The molecule has 1 aliphatic carbocycles. The van der Waals surface area contributed by atoms with Crippen LogP contribution < -0.4 is 5.32 Å². The van der Waals surface area contributed by atoms with E-state index in [-0.39, 0.29) is 12.0 Å². The summed E-state index contributed by atoms with van der Waals surface area (Å²) >= 11 is 0. The van der Waals surface area contributed by atoms with E-state index >= 15 is 0 Å². The topological polar surface area (TPSA) is 58.6 Å². The van der Waals surface area contributed by atoms with Gasteiger partial charge in [-0.2, -0.15) is 0 Å². The number of ether oxygens (including phenoxy) is 1. The van der Waals surface area contributed by atoms with E-state index in [0.717, 1.165) is 6.42 Å². The normalized spacial score (nSPS) is 19.1. The number of cyclic esters (lactones) is 1. The Morgan fingerprint density at radius 2 is 2.32 bits per heavy atom. The van der Waals surface area contributed by atoms with E-state index in [0.29, 0.717) is 32.7 Å². The van der Waals surface area contributed by atoms with Crippen LogP contribution in [0.5, 0.6) is 0 Å². The molecule has 5 nitrogen and oxygen atoms in total. The number of carbonyl (C=O) groups excluding carboxylic acids is 2. The zero-order valence-corrected chi connectivity index (χ0v) is 11.3. The van der Waals surface area contributed by atoms with Crippen molar-refractivity contribution in [2.24, 2.45) is 0 Å². The van der Waals surface area contributed by atoms with Crippen LogP contribution in [0.3, 0.4) is 0 Å². The summed E-state index contributed by atoms with van der Waals surface area (Å²) in [5.74, 6) is 0.0103. The van der Waals surface area contributed by atoms with Crippen molar-refractivity contribution in [1.29, 1.82) is 0 Å². The summed E-state index contributed by atoms with van der Waals surface area (Å²) in [4.78, 5) is 24.4. The van der Waals surface area contributed by atoms with E-state index in [9.17, 15) is 9.59 Å². The maximum absolute atomic E-state index is 11.6. The largest absolute Gasteiger partial charge is 0.448 e. The van der Waals surface area contributed by atoms with Crippen molar-refractivity contribution < 1.29 is 14.3 Å². The summed E-state index contributed by atoms with van der Waals surface area (Å²) in [6.07, 6.45) is 8.23. The second-order valence-electron chi connectivity index (χ2n) is 5.06. The molecule has 0 spiro atoms. The molecule has 5 heteroatoms. The fourth-order valence-electron chi connectivity index (χ4n) is 2.45. The second-order valence-corrected chi connectivity index (χ2v) is 5.06. The molecule has 2 aliphatic rings. The summed E-state index contributed by atoms with van der Waals surface area (Å²) in [7, 11) is 0. The van der Waals surface area contributed by atoms with Crippen molar-refractivity contribution in [2.45, 2.75) is 38.5 Å². The van der Waals surface area contributed by atoms with Gasteiger partial charge < -0.3 is 15.0 Å². The molecule has 19 heavy (non-hydrogen) atoms. The standard InChI is InChI=1S/C14H22N2O3/c17-13(7-9-16-10-11-19-14(16)18)15-8-6-12-4-2-1-3-5-12/h4H,1-3,5-11H2,(H,15,17). The van der Waals surface area contributed by atoms with Crippen LogP contribution in [0.15, 0.2) is 11.6 Å². The highest BCUT2D eigenvalue weighted by Crippen LogP contribution is 2.19. The van der Waals surface area contributed by atoms with Crippen LogP contribution in [0.1, 0.15) is 38.5 Å². The van der Waals surface area contributed by atoms with Crippen LogP contribution in [0.25, 0.3) is 0 Å². The highest BCUT2D eigenvalue weighted by molar-refractivity contribution is 5.77. The quantitative estimate of drug-likeness (QED) is 0.746. The van der Waals surface area contributed by atoms with Crippen molar-refractivity contribution in [1.82, 2.24) is 10.2 Å². The molecule has 1 heterocycles. The number of carbonyl (C=O) groups is 2. The molecule has 1 aliphatic heterocycles. The van der Waals surface area contributed by atoms with E-state index < -0.39 is 0 Å². The van der Waals surface area contributed by atoms with Crippen LogP contribution in [-0.4, -0.2) is 43.1 Å². The Labute approximate surface area is 114 Å². The van der Waals surface area contributed by atoms with Gasteiger partial charge in [0.1, 0.15) is 6.61 Å². The monoisotopic (exact) mass is 266 g/mol. The van der Waals surface area contributed by atoms with E-state index in [1.165, 1.54) is 31.3 Å². The van der Waals surface area contributed by atoms with Crippen LogP contribution in [0.4, 0.5) is 4.79 Å². The fourth-order valence-corrected chi connectivity index (χ4v) is 2.45. The van der Waals surface area contributed by atoms with Gasteiger partial charge in [-0.05, 0) is 32.1 Å². The number of allylic oxidation sites excluding steroid dienone is 1. The first kappa shape index (κ1) is 13.9. The molecule has 0 saturated carbocycles. The van der Waals surface area contributed by atoms with Crippen molar-refractivity contribution in [3.05, 3.63) is 11.6 Å². The first-order valence-corrected chi connectivity index (χ1v) is 7.12. The van der Waals surface area contributed by atoms with Crippen molar-refractivity contribution in [3.8, 4) is 0 Å². The van der Waals surface area contributed by atoms with Gasteiger partial charge in [0.15, 0.2) is 0 Å². The van der Waals surface area contributed by atoms with Crippen LogP contribution in [0.2, 0.25) is 0 Å². The smallest absolute Gasteiger partial charge is 0.409 e. The van der Waals surface area contributed by atoms with Crippen molar-refractivity contribution >= 4 is 12.0 Å². The number of rotatable bonds is 6. The van der Waals surface area contributed by atoms with Gasteiger partial charge in [-0.3, -0.25) is 4.79 Å². The Kier molecular flexibility index (Phi) is 5.24. The average molecular weight is 266 g/mol. The number of hydrogen-bond acceptors (Lipinski definition) is 3. The minimum Gasteiger partial charge on any atom is -0.448 e. The molecule has 1 saturated heterocycles. The predicted molar refractivity (Wildman–Crippen MR) is 71.7 cm³/mol. The van der Waals surface area contributed by atoms with Gasteiger partial charge in [0.2, 0.25) is 5.91 Å². The van der Waals surface area contributed by atoms with Gasteiger partial charge in [0, 0.05) is 19.5 Å². The third kappa shape index (κ3) is 4.58. The van der Waals surface area contributed by atoms with Gasteiger partial charge in [0.05, 0.1) is 6.54 Å². The molecule has 0 aromatic rings. The van der Waals surface area contributed by atoms with Gasteiger partial charge in [-0.15, -0.1) is 0 Å². The Bertz CT molecular complexity index is 366.